The van der Waals surface area contributed by atoms with Gasteiger partial charge in [-0.25, -0.2) is 0 Å². The minimum absolute atomic E-state index is 0. The summed E-state index contributed by atoms with van der Waals surface area (Å²) in [5.74, 6) is 0.178. The predicted molar refractivity (Wildman–Crippen MR) is 153 cm³/mol. The van der Waals surface area contributed by atoms with E-state index in [0.29, 0.717) is 6.54 Å². The standard InChI is InChI=1S/C31H36N4O2.ClH/c1-23(36)33-31-21-34(2)19-18-27(31)30(26-16-10-5-11-17-26)35(22-31)20-28(37)32-29(24-12-6-3-7-13-24)25-14-8-4-9-15-25;/h3-17,27,29-30H,18-22H2,1-2H3,(H,32,37)(H,33,36);1H/t27-,30-,31-;/m1./s1. The van der Waals surface area contributed by atoms with Crippen LogP contribution in [0.1, 0.15) is 42.1 Å². The number of fused-ring (bicyclic) bond motifs is 1. The molecule has 2 amide bonds. The maximum atomic E-state index is 13.7. The summed E-state index contributed by atoms with van der Waals surface area (Å²) in [6, 6.07) is 30.4. The quantitative estimate of drug-likeness (QED) is 0.479. The van der Waals surface area contributed by atoms with Gasteiger partial charge < -0.3 is 15.5 Å². The van der Waals surface area contributed by atoms with Crippen LogP contribution in [-0.4, -0.2) is 60.4 Å². The first-order valence-corrected chi connectivity index (χ1v) is 13.1. The maximum Gasteiger partial charge on any atom is 0.234 e. The zero-order valence-corrected chi connectivity index (χ0v) is 22.9. The zero-order chi connectivity index (χ0) is 25.8. The van der Waals surface area contributed by atoms with E-state index in [0.717, 1.165) is 30.6 Å². The summed E-state index contributed by atoms with van der Waals surface area (Å²) in [7, 11) is 2.11. The molecule has 0 radical (unpaired) electrons. The molecule has 2 aliphatic rings. The third kappa shape index (κ3) is 5.93. The number of rotatable bonds is 7. The number of piperidine rings is 1. The number of nitrogens with one attached hydrogen (secondary N) is 2. The Morgan fingerprint density at radius 3 is 2.00 bits per heavy atom. The van der Waals surface area contributed by atoms with Gasteiger partial charge >= 0.3 is 0 Å². The normalized spacial score (nSPS) is 23.3. The smallest absolute Gasteiger partial charge is 0.234 e. The number of amides is 2. The number of halogens is 1. The van der Waals surface area contributed by atoms with E-state index < -0.39 is 5.54 Å². The Labute approximate surface area is 231 Å². The van der Waals surface area contributed by atoms with E-state index in [1.54, 1.807) is 6.92 Å². The lowest BCUT2D eigenvalue weighted by Crippen LogP contribution is -2.63. The molecule has 3 aromatic rings. The fourth-order valence-corrected chi connectivity index (χ4v) is 6.47. The molecule has 200 valence electrons. The molecule has 0 saturated carbocycles. The third-order valence-electron chi connectivity index (χ3n) is 7.83. The van der Waals surface area contributed by atoms with Crippen molar-refractivity contribution in [1.29, 1.82) is 0 Å². The second kappa shape index (κ2) is 12.1. The summed E-state index contributed by atoms with van der Waals surface area (Å²) in [5.41, 5.74) is 2.90. The number of benzene rings is 3. The lowest BCUT2D eigenvalue weighted by Gasteiger charge is -2.44. The van der Waals surface area contributed by atoms with Crippen molar-refractivity contribution in [3.8, 4) is 0 Å². The highest BCUT2D eigenvalue weighted by Crippen LogP contribution is 2.47. The second-order valence-corrected chi connectivity index (χ2v) is 10.6. The Balaban J connectivity index is 0.00000336. The molecule has 2 fully saturated rings. The number of likely N-dealkylation sites (N-methyl/N-ethyl adjacent to an activating group) is 1. The maximum absolute atomic E-state index is 13.7. The number of hydrogen-bond donors (Lipinski definition) is 2. The summed E-state index contributed by atoms with van der Waals surface area (Å²) >= 11 is 0. The molecule has 7 heteroatoms. The molecule has 2 N–H and O–H groups in total. The van der Waals surface area contributed by atoms with Crippen LogP contribution in [0.2, 0.25) is 0 Å². The highest BCUT2D eigenvalue weighted by molar-refractivity contribution is 5.85. The van der Waals surface area contributed by atoms with Crippen LogP contribution in [0.4, 0.5) is 0 Å². The van der Waals surface area contributed by atoms with Crippen molar-refractivity contribution in [3.63, 3.8) is 0 Å². The number of likely N-dealkylation sites (tertiary alicyclic amines) is 2. The van der Waals surface area contributed by atoms with Crippen LogP contribution < -0.4 is 10.6 Å². The fraction of sp³-hybridized carbons (Fsp3) is 0.355. The summed E-state index contributed by atoms with van der Waals surface area (Å²) in [6.45, 7) is 4.24. The lowest BCUT2D eigenvalue weighted by molar-refractivity contribution is -0.123. The van der Waals surface area contributed by atoms with Gasteiger partial charge in [-0.3, -0.25) is 14.5 Å². The summed E-state index contributed by atoms with van der Waals surface area (Å²) in [5, 5.41) is 6.64. The van der Waals surface area contributed by atoms with Gasteiger partial charge in [-0.2, -0.15) is 0 Å². The molecule has 5 rings (SSSR count). The fourth-order valence-electron chi connectivity index (χ4n) is 6.47. The number of carbonyl (C=O) groups is 2. The minimum Gasteiger partial charge on any atom is -0.348 e. The Kier molecular flexibility index (Phi) is 8.87. The van der Waals surface area contributed by atoms with Gasteiger partial charge in [0.15, 0.2) is 0 Å². The Bertz CT molecular complexity index is 1170. The molecular weight excluding hydrogens is 496 g/mol. The highest BCUT2D eigenvalue weighted by Gasteiger charge is 2.55. The van der Waals surface area contributed by atoms with Crippen LogP contribution in [-0.2, 0) is 9.59 Å². The molecule has 2 saturated heterocycles. The molecule has 2 aliphatic heterocycles. The van der Waals surface area contributed by atoms with Crippen LogP contribution >= 0.6 is 12.4 Å². The van der Waals surface area contributed by atoms with Crippen molar-refractivity contribution in [2.45, 2.75) is 31.0 Å². The number of nitrogens with zero attached hydrogens (tertiary/aromatic N) is 2. The van der Waals surface area contributed by atoms with Crippen LogP contribution in [0.3, 0.4) is 0 Å². The van der Waals surface area contributed by atoms with Gasteiger partial charge in [-0.05, 0) is 36.7 Å². The van der Waals surface area contributed by atoms with Crippen molar-refractivity contribution < 1.29 is 9.59 Å². The first-order chi connectivity index (χ1) is 17.9. The molecule has 0 unspecified atom stereocenters. The van der Waals surface area contributed by atoms with Crippen molar-refractivity contribution in [1.82, 2.24) is 20.4 Å². The first-order valence-electron chi connectivity index (χ1n) is 13.1. The molecule has 0 bridgehead atoms. The van der Waals surface area contributed by atoms with Gasteiger partial charge in [0, 0.05) is 32.0 Å². The molecule has 3 atom stereocenters. The molecule has 3 aromatic carbocycles. The monoisotopic (exact) mass is 532 g/mol. The van der Waals surface area contributed by atoms with E-state index in [2.05, 4.69) is 76.0 Å². The van der Waals surface area contributed by atoms with Crippen molar-refractivity contribution in [2.24, 2.45) is 5.92 Å². The Hall–Kier alpha value is -3.19. The zero-order valence-electron chi connectivity index (χ0n) is 22.0. The second-order valence-electron chi connectivity index (χ2n) is 10.6. The Morgan fingerprint density at radius 2 is 1.45 bits per heavy atom. The van der Waals surface area contributed by atoms with Gasteiger partial charge in [0.1, 0.15) is 0 Å². The summed E-state index contributed by atoms with van der Waals surface area (Å²) in [6.07, 6.45) is 0.963. The molecule has 0 spiro atoms. The van der Waals surface area contributed by atoms with Gasteiger partial charge in [0.05, 0.1) is 18.1 Å². The van der Waals surface area contributed by atoms with E-state index in [-0.39, 0.29) is 48.8 Å². The lowest BCUT2D eigenvalue weighted by atomic mass is 9.76. The molecular formula is C31H37ClN4O2. The van der Waals surface area contributed by atoms with E-state index in [9.17, 15) is 9.59 Å². The van der Waals surface area contributed by atoms with Crippen molar-refractivity contribution in [2.75, 3.05) is 33.2 Å². The topological polar surface area (TPSA) is 64.7 Å². The molecule has 6 nitrogen and oxygen atoms in total. The average molecular weight is 533 g/mol. The van der Waals surface area contributed by atoms with Crippen molar-refractivity contribution >= 4 is 24.2 Å². The summed E-state index contributed by atoms with van der Waals surface area (Å²) < 4.78 is 0. The van der Waals surface area contributed by atoms with E-state index in [1.165, 1.54) is 5.56 Å². The van der Waals surface area contributed by atoms with Gasteiger partial charge in [-0.1, -0.05) is 91.0 Å². The highest BCUT2D eigenvalue weighted by atomic mass is 35.5. The van der Waals surface area contributed by atoms with Gasteiger partial charge in [0.25, 0.3) is 0 Å². The molecule has 0 aliphatic carbocycles. The summed E-state index contributed by atoms with van der Waals surface area (Å²) in [4.78, 5) is 30.6. The van der Waals surface area contributed by atoms with E-state index in [1.807, 2.05) is 42.5 Å². The molecule has 2 heterocycles. The van der Waals surface area contributed by atoms with Crippen LogP contribution in [0, 0.1) is 5.92 Å². The van der Waals surface area contributed by atoms with Crippen molar-refractivity contribution in [3.05, 3.63) is 108 Å². The minimum atomic E-state index is -0.391. The van der Waals surface area contributed by atoms with Crippen LogP contribution in [0.15, 0.2) is 91.0 Å². The van der Waals surface area contributed by atoms with Crippen LogP contribution in [0.25, 0.3) is 0 Å². The largest absolute Gasteiger partial charge is 0.348 e. The van der Waals surface area contributed by atoms with Gasteiger partial charge in [-0.15, -0.1) is 12.4 Å². The molecule has 38 heavy (non-hydrogen) atoms. The SMILES string of the molecule is CC(=O)N[C@@]12CN(C)CC[C@@H]1[C@@H](c1ccccc1)N(CC(=O)NC(c1ccccc1)c1ccccc1)C2.Cl. The predicted octanol–water partition coefficient (Wildman–Crippen LogP) is 4.20. The molecule has 0 aromatic heterocycles. The third-order valence-corrected chi connectivity index (χ3v) is 7.83. The average Bonchev–Trinajstić information content (AvgIpc) is 3.20. The van der Waals surface area contributed by atoms with E-state index in [4.69, 9.17) is 0 Å². The number of carbonyl (C=O) groups excluding carboxylic acids is 2. The van der Waals surface area contributed by atoms with Gasteiger partial charge in [0.2, 0.25) is 11.8 Å². The van der Waals surface area contributed by atoms with Crippen LogP contribution in [0.5, 0.6) is 0 Å². The Morgan fingerprint density at radius 1 is 0.895 bits per heavy atom. The van der Waals surface area contributed by atoms with E-state index >= 15 is 0 Å². The number of hydrogen-bond acceptors (Lipinski definition) is 4. The first kappa shape index (κ1) is 27.8.